The zero-order valence-electron chi connectivity index (χ0n) is 16.5. The highest BCUT2D eigenvalue weighted by atomic mass is 35.5. The number of rotatable bonds is 5. The van der Waals surface area contributed by atoms with Crippen molar-refractivity contribution in [3.63, 3.8) is 0 Å². The number of anilines is 1. The number of hydrazine groups is 1. The molecule has 3 rings (SSSR count). The summed E-state index contributed by atoms with van der Waals surface area (Å²) in [5.41, 5.74) is -1.35. The van der Waals surface area contributed by atoms with Crippen molar-refractivity contribution >= 4 is 40.6 Å². The molecule has 1 aliphatic rings. The third kappa shape index (κ3) is 5.40. The van der Waals surface area contributed by atoms with Gasteiger partial charge in [-0.05, 0) is 36.2 Å². The summed E-state index contributed by atoms with van der Waals surface area (Å²) in [5, 5.41) is 0.180. The van der Waals surface area contributed by atoms with E-state index in [1.807, 2.05) is 0 Å². The summed E-state index contributed by atoms with van der Waals surface area (Å²) >= 11 is 11.9. The fourth-order valence-electron chi connectivity index (χ4n) is 3.86. The Morgan fingerprint density at radius 3 is 2.35 bits per heavy atom. The number of halogens is 5. The number of carbonyl (C=O) groups excluding carboxylic acids is 2. The first-order chi connectivity index (χ1) is 14.6. The van der Waals surface area contributed by atoms with Gasteiger partial charge in [-0.3, -0.25) is 9.59 Å². The number of nitrogens with zero attached hydrogens (tertiary/aromatic N) is 1. The maximum atomic E-state index is 13.2. The van der Waals surface area contributed by atoms with Crippen LogP contribution >= 0.6 is 23.2 Å². The summed E-state index contributed by atoms with van der Waals surface area (Å²) in [6.45, 7) is 0. The Hall–Kier alpha value is -2.09. The van der Waals surface area contributed by atoms with Crippen LogP contribution in [0.5, 0.6) is 0 Å². The molecule has 0 aliphatic heterocycles. The van der Waals surface area contributed by atoms with Crippen LogP contribution in [0.1, 0.15) is 64.8 Å². The number of nitrogens with two attached hydrogens (primary N) is 1. The highest BCUT2D eigenvalue weighted by molar-refractivity contribution is 6.35. The van der Waals surface area contributed by atoms with Gasteiger partial charge in [0.2, 0.25) is 0 Å². The van der Waals surface area contributed by atoms with Crippen molar-refractivity contribution in [1.82, 2.24) is 0 Å². The first kappa shape index (κ1) is 23.6. The largest absolute Gasteiger partial charge is 0.417 e. The molecule has 0 atom stereocenters. The van der Waals surface area contributed by atoms with E-state index in [9.17, 15) is 22.8 Å². The summed E-state index contributed by atoms with van der Waals surface area (Å²) < 4.78 is 39.5. The van der Waals surface area contributed by atoms with Crippen LogP contribution in [0.4, 0.5) is 18.9 Å². The van der Waals surface area contributed by atoms with E-state index >= 15 is 0 Å². The lowest BCUT2D eigenvalue weighted by atomic mass is 9.84. The Balaban J connectivity index is 1.92. The van der Waals surface area contributed by atoms with Crippen molar-refractivity contribution in [2.75, 3.05) is 5.01 Å². The van der Waals surface area contributed by atoms with E-state index in [-0.39, 0.29) is 28.0 Å². The van der Waals surface area contributed by atoms with Gasteiger partial charge in [0.1, 0.15) is 0 Å². The molecule has 2 aromatic rings. The van der Waals surface area contributed by atoms with Crippen LogP contribution in [0.3, 0.4) is 0 Å². The molecule has 2 N–H and O–H groups in total. The van der Waals surface area contributed by atoms with Gasteiger partial charge in [0.05, 0.1) is 21.8 Å². The lowest BCUT2D eigenvalue weighted by molar-refractivity contribution is -0.137. The fraction of sp³-hybridized carbons (Fsp3) is 0.364. The third-order valence-corrected chi connectivity index (χ3v) is 6.11. The molecule has 0 aromatic heterocycles. The molecule has 31 heavy (non-hydrogen) atoms. The molecule has 0 heterocycles. The molecule has 1 saturated carbocycles. The number of alkyl halides is 3. The van der Waals surface area contributed by atoms with Crippen LogP contribution in [0.25, 0.3) is 0 Å². The quantitative estimate of drug-likeness (QED) is 0.228. The standard InChI is InChI=1S/C22H21Cl2F3N2O2/c23-14-9-10-18(16(12-14)19(30)11-13-5-2-1-3-6-13)29(28)21(31)15-7-4-8-17(20(15)24)22(25,26)27/h4,7-10,12-13H,1-3,5-6,11,28H2. The molecule has 0 saturated heterocycles. The van der Waals surface area contributed by atoms with Gasteiger partial charge in [-0.2, -0.15) is 13.2 Å². The molecule has 0 unspecified atom stereocenters. The van der Waals surface area contributed by atoms with E-state index in [1.54, 1.807) is 0 Å². The zero-order chi connectivity index (χ0) is 22.8. The highest BCUT2D eigenvalue weighted by Gasteiger charge is 2.35. The molecule has 2 aromatic carbocycles. The van der Waals surface area contributed by atoms with Crippen molar-refractivity contribution in [1.29, 1.82) is 0 Å². The van der Waals surface area contributed by atoms with Gasteiger partial charge in [0.25, 0.3) is 5.91 Å². The topological polar surface area (TPSA) is 63.4 Å². The monoisotopic (exact) mass is 472 g/mol. The summed E-state index contributed by atoms with van der Waals surface area (Å²) in [5.74, 6) is 5.03. The van der Waals surface area contributed by atoms with Crippen molar-refractivity contribution in [3.8, 4) is 0 Å². The van der Waals surface area contributed by atoms with E-state index in [0.29, 0.717) is 11.4 Å². The van der Waals surface area contributed by atoms with Crippen LogP contribution in [0.2, 0.25) is 10.0 Å². The lowest BCUT2D eigenvalue weighted by Gasteiger charge is -2.23. The molecular formula is C22H21Cl2F3N2O2. The van der Waals surface area contributed by atoms with Gasteiger partial charge in [0.15, 0.2) is 5.78 Å². The Morgan fingerprint density at radius 1 is 1.03 bits per heavy atom. The Morgan fingerprint density at radius 2 is 1.71 bits per heavy atom. The smallest absolute Gasteiger partial charge is 0.294 e. The second kappa shape index (κ2) is 9.59. The molecule has 0 radical (unpaired) electrons. The van der Waals surface area contributed by atoms with E-state index in [2.05, 4.69) is 0 Å². The number of ketones is 1. The second-order valence-corrected chi connectivity index (χ2v) is 8.45. The van der Waals surface area contributed by atoms with Gasteiger partial charge in [-0.25, -0.2) is 10.9 Å². The van der Waals surface area contributed by atoms with Gasteiger partial charge >= 0.3 is 6.18 Å². The van der Waals surface area contributed by atoms with Crippen LogP contribution in [-0.4, -0.2) is 11.7 Å². The molecule has 1 fully saturated rings. The van der Waals surface area contributed by atoms with Crippen LogP contribution in [0.15, 0.2) is 36.4 Å². The maximum Gasteiger partial charge on any atom is 0.417 e. The number of amides is 1. The number of hydrogen-bond donors (Lipinski definition) is 1. The van der Waals surface area contributed by atoms with Crippen molar-refractivity contribution < 1.29 is 22.8 Å². The van der Waals surface area contributed by atoms with Crippen LogP contribution in [-0.2, 0) is 6.18 Å². The first-order valence-corrected chi connectivity index (χ1v) is 10.6. The lowest BCUT2D eigenvalue weighted by Crippen LogP contribution is -2.39. The Labute approximate surface area is 188 Å². The number of carbonyl (C=O) groups is 2. The number of Topliss-reactive ketones (excluding diaryl/α,β-unsaturated/α-hetero) is 1. The molecule has 166 valence electrons. The van der Waals surface area contributed by atoms with Crippen molar-refractivity contribution in [2.24, 2.45) is 11.8 Å². The van der Waals surface area contributed by atoms with E-state index in [4.69, 9.17) is 29.0 Å². The molecule has 0 bridgehead atoms. The van der Waals surface area contributed by atoms with Gasteiger partial charge in [-0.15, -0.1) is 0 Å². The zero-order valence-corrected chi connectivity index (χ0v) is 18.0. The molecule has 0 spiro atoms. The summed E-state index contributed by atoms with van der Waals surface area (Å²) in [6, 6.07) is 7.28. The number of hydrogen-bond acceptors (Lipinski definition) is 3. The fourth-order valence-corrected chi connectivity index (χ4v) is 4.35. The van der Waals surface area contributed by atoms with Gasteiger partial charge in [0, 0.05) is 17.0 Å². The van der Waals surface area contributed by atoms with E-state index < -0.39 is 28.2 Å². The highest BCUT2D eigenvalue weighted by Crippen LogP contribution is 2.37. The van der Waals surface area contributed by atoms with Crippen molar-refractivity contribution in [2.45, 2.75) is 44.7 Å². The average Bonchev–Trinajstić information content (AvgIpc) is 2.72. The second-order valence-electron chi connectivity index (χ2n) is 7.63. The minimum atomic E-state index is -4.73. The summed E-state index contributed by atoms with van der Waals surface area (Å²) in [7, 11) is 0. The third-order valence-electron chi connectivity index (χ3n) is 5.47. The summed E-state index contributed by atoms with van der Waals surface area (Å²) in [4.78, 5) is 25.9. The maximum absolute atomic E-state index is 13.2. The first-order valence-electron chi connectivity index (χ1n) is 9.87. The van der Waals surface area contributed by atoms with Gasteiger partial charge < -0.3 is 0 Å². The van der Waals surface area contributed by atoms with E-state index in [1.165, 1.54) is 18.2 Å². The predicted octanol–water partition coefficient (Wildman–Crippen LogP) is 6.69. The Kier molecular flexibility index (Phi) is 7.29. The minimum Gasteiger partial charge on any atom is -0.294 e. The molecule has 1 amide bonds. The predicted molar refractivity (Wildman–Crippen MR) is 114 cm³/mol. The van der Waals surface area contributed by atoms with Crippen molar-refractivity contribution in [3.05, 3.63) is 63.1 Å². The number of benzene rings is 2. The molecule has 9 heteroatoms. The molecular weight excluding hydrogens is 452 g/mol. The van der Waals surface area contributed by atoms with Gasteiger partial charge in [-0.1, -0.05) is 61.4 Å². The average molecular weight is 473 g/mol. The Bertz CT molecular complexity index is 989. The normalized spacial score (nSPS) is 15.0. The SMILES string of the molecule is NN(C(=O)c1cccc(C(F)(F)F)c1Cl)c1ccc(Cl)cc1C(=O)CC1CCCCC1. The van der Waals surface area contributed by atoms with E-state index in [0.717, 1.165) is 50.3 Å². The molecule has 1 aliphatic carbocycles. The molecule has 4 nitrogen and oxygen atoms in total. The minimum absolute atomic E-state index is 0.0590. The van der Waals surface area contributed by atoms with Crippen LogP contribution in [0, 0.1) is 5.92 Å². The summed E-state index contributed by atoms with van der Waals surface area (Å²) in [6.07, 6.45) is 0.745. The van der Waals surface area contributed by atoms with Crippen LogP contribution < -0.4 is 10.9 Å².